The largest absolute Gasteiger partial charge is 0.499 e. The van der Waals surface area contributed by atoms with Crippen LogP contribution in [0, 0.1) is 13.8 Å². The summed E-state index contributed by atoms with van der Waals surface area (Å²) in [4.78, 5) is 0. The first-order chi connectivity index (χ1) is 31.6. The van der Waals surface area contributed by atoms with Crippen molar-refractivity contribution >= 4 is 11.0 Å². The lowest BCUT2D eigenvalue weighted by Gasteiger charge is -2.33. The van der Waals surface area contributed by atoms with Gasteiger partial charge < -0.3 is 4.74 Å². The van der Waals surface area contributed by atoms with Crippen molar-refractivity contribution < 1.29 is 23.5 Å². The zero-order valence-electron chi connectivity index (χ0n) is 40.1. The Balaban J connectivity index is 1.23. The van der Waals surface area contributed by atoms with Gasteiger partial charge in [0.15, 0.2) is 17.2 Å². The number of pyridine rings is 1. The maximum Gasteiger partial charge on any atom is 0.499 e. The number of imidazole rings is 1. The first kappa shape index (κ1) is 27.6. The van der Waals surface area contributed by atoms with Gasteiger partial charge in [-0.15, -0.1) is 9.13 Å². The van der Waals surface area contributed by atoms with Crippen molar-refractivity contribution in [3.63, 3.8) is 0 Å². The van der Waals surface area contributed by atoms with Crippen molar-refractivity contribution in [3.05, 3.63) is 192 Å². The lowest BCUT2D eigenvalue weighted by atomic mass is 9.80. The summed E-state index contributed by atoms with van der Waals surface area (Å²) >= 11 is 0. The highest BCUT2D eigenvalue weighted by molar-refractivity contribution is 5.99. The van der Waals surface area contributed by atoms with Crippen LogP contribution in [0.15, 0.2) is 170 Å². The quantitative estimate of drug-likeness (QED) is 0.163. The highest BCUT2D eigenvalue weighted by Crippen LogP contribution is 2.54. The molecule has 1 atom stereocenters. The number of benzene rings is 7. The maximum absolute atomic E-state index is 9.09. The van der Waals surface area contributed by atoms with E-state index in [0.717, 1.165) is 89.4 Å². The molecule has 3 aliphatic heterocycles. The van der Waals surface area contributed by atoms with Gasteiger partial charge in [-0.2, -0.15) is 4.57 Å². The number of hydrogen-bond acceptors (Lipinski definition) is 1. The SMILES string of the molecule is [2H]c1c([2H])c(C([2H])([2H])[2H])c([2H])c([2H])c1-c1cc[n+]2c(c1)-c1cc(C(C)(C)C)cc3c1C21Oc2ccccc2-c2n(-c4cc(-c5ccccc5)c(C)cc4-c4ccccc4)c4cccc-3c4[n+]21. The number of rotatable bonds is 4. The summed E-state index contributed by atoms with van der Waals surface area (Å²) < 4.78 is 74.4. The molecule has 4 nitrogen and oxygen atoms in total. The standard InChI is InChI=1S/C55H43N3O/c1-34-23-25-36(26-24-34)39-27-28-56-48(30-39)46-32-40(54(3,4)5)31-45-41-20-14-21-47-52(41)58-53(42-19-12-13-22-50(42)59-55(56,58)51(45)46)57(47)49-33-43(37-15-8-6-9-16-37)35(2)29-44(49)38-17-10-7-11-18-38/h6-33H,1-5H3/q+2/i1D3,23D,24D,25D,26D. The number of hydrogen-bond donors (Lipinski definition) is 0. The number of aryl methyl sites for hydroxylation is 1. The molecule has 0 saturated heterocycles. The third-order valence-electron chi connectivity index (χ3n) is 12.4. The molecule has 0 aliphatic carbocycles. The number of nitrogens with zero attached hydrogens (tertiary/aromatic N) is 3. The van der Waals surface area contributed by atoms with E-state index < -0.39 is 42.4 Å². The molecule has 59 heavy (non-hydrogen) atoms. The Morgan fingerprint density at radius 3 is 2.07 bits per heavy atom. The number of fused-ring (bicyclic) bond motifs is 5. The van der Waals surface area contributed by atoms with Gasteiger partial charge in [-0.05, 0) is 107 Å². The van der Waals surface area contributed by atoms with E-state index in [9.17, 15) is 0 Å². The summed E-state index contributed by atoms with van der Waals surface area (Å²) in [7, 11) is 0. The first-order valence-electron chi connectivity index (χ1n) is 23.6. The Kier molecular flexibility index (Phi) is 5.61. The lowest BCUT2D eigenvalue weighted by molar-refractivity contribution is -0.997. The van der Waals surface area contributed by atoms with Gasteiger partial charge in [0.1, 0.15) is 22.6 Å². The van der Waals surface area contributed by atoms with Crippen LogP contribution >= 0.6 is 0 Å². The van der Waals surface area contributed by atoms with Crippen molar-refractivity contribution in [2.24, 2.45) is 0 Å². The van der Waals surface area contributed by atoms with Crippen molar-refractivity contribution in [1.82, 2.24) is 4.57 Å². The number of para-hydroxylation sites is 2. The predicted molar refractivity (Wildman–Crippen MR) is 238 cm³/mol. The maximum atomic E-state index is 9.09. The van der Waals surface area contributed by atoms with Crippen LogP contribution in [-0.4, -0.2) is 4.57 Å². The molecular weight excluding hydrogens is 719 g/mol. The molecule has 1 unspecified atom stereocenters. The topological polar surface area (TPSA) is 21.9 Å². The van der Waals surface area contributed by atoms with Crippen molar-refractivity contribution in [2.45, 2.75) is 45.8 Å². The Bertz CT molecular complexity index is 3560. The van der Waals surface area contributed by atoms with E-state index in [2.05, 4.69) is 138 Å². The van der Waals surface area contributed by atoms with E-state index in [1.807, 2.05) is 42.6 Å². The Labute approximate surface area is 354 Å². The molecule has 282 valence electrons. The zero-order valence-corrected chi connectivity index (χ0v) is 33.1. The zero-order chi connectivity index (χ0) is 45.8. The van der Waals surface area contributed by atoms with Crippen molar-refractivity contribution in [1.29, 1.82) is 0 Å². The van der Waals surface area contributed by atoms with Crippen LogP contribution < -0.4 is 13.9 Å². The van der Waals surface area contributed by atoms with Crippen molar-refractivity contribution in [2.75, 3.05) is 0 Å². The smallest absolute Gasteiger partial charge is 0.392 e. The van der Waals surface area contributed by atoms with Gasteiger partial charge in [0.05, 0.1) is 11.0 Å². The summed E-state index contributed by atoms with van der Waals surface area (Å²) in [6, 6.07) is 46.7. The van der Waals surface area contributed by atoms with E-state index in [0.29, 0.717) is 11.3 Å². The molecule has 12 rings (SSSR count). The average Bonchev–Trinajstić information content (AvgIpc) is 3.79. The lowest BCUT2D eigenvalue weighted by Crippen LogP contribution is -2.78. The van der Waals surface area contributed by atoms with Crippen LogP contribution in [0.3, 0.4) is 0 Å². The number of aromatic nitrogens is 3. The van der Waals surface area contributed by atoms with E-state index in [1.165, 1.54) is 0 Å². The minimum absolute atomic E-state index is 0.0353. The summed E-state index contributed by atoms with van der Waals surface area (Å²) in [5.41, 5.74) is 14.9. The first-order valence-corrected chi connectivity index (χ1v) is 20.1. The Morgan fingerprint density at radius 1 is 0.627 bits per heavy atom. The molecule has 0 N–H and O–H groups in total. The van der Waals surface area contributed by atoms with Crippen molar-refractivity contribution in [3.8, 4) is 78.6 Å². The molecule has 4 heteroatoms. The minimum atomic E-state index is -2.82. The summed E-state index contributed by atoms with van der Waals surface area (Å²) in [5, 5.41) is 0. The van der Waals surface area contributed by atoms with Gasteiger partial charge in [0, 0.05) is 32.9 Å². The van der Waals surface area contributed by atoms with Crippen LogP contribution in [0.1, 0.15) is 52.6 Å². The second kappa shape index (κ2) is 12.0. The third kappa shape index (κ3) is 4.66. The minimum Gasteiger partial charge on any atom is -0.392 e. The molecule has 0 radical (unpaired) electrons. The van der Waals surface area contributed by atoms with E-state index in [1.54, 1.807) is 6.07 Å². The Morgan fingerprint density at radius 2 is 1.32 bits per heavy atom. The highest BCUT2D eigenvalue weighted by Gasteiger charge is 2.68. The highest BCUT2D eigenvalue weighted by atomic mass is 16.5. The molecule has 9 aromatic rings. The molecule has 0 bridgehead atoms. The van der Waals surface area contributed by atoms with E-state index in [4.69, 9.17) is 14.3 Å². The van der Waals surface area contributed by atoms with Crippen LogP contribution in [0.2, 0.25) is 0 Å². The van der Waals surface area contributed by atoms with E-state index >= 15 is 0 Å². The second-order valence-corrected chi connectivity index (χ2v) is 16.9. The van der Waals surface area contributed by atoms with Gasteiger partial charge in [0.2, 0.25) is 5.69 Å². The molecule has 7 aromatic carbocycles. The fourth-order valence-corrected chi connectivity index (χ4v) is 9.73. The molecule has 0 amide bonds. The molecule has 3 aliphatic rings. The summed E-state index contributed by atoms with van der Waals surface area (Å²) in [5.74, 6) is 0.332. The molecular formula is C55H43N3O+2. The summed E-state index contributed by atoms with van der Waals surface area (Å²) in [6.45, 7) is 5.96. The van der Waals surface area contributed by atoms with Gasteiger partial charge in [-0.3, -0.25) is 0 Å². The van der Waals surface area contributed by atoms with Gasteiger partial charge in [0.25, 0.3) is 0 Å². The monoisotopic (exact) mass is 768 g/mol. The average molecular weight is 769 g/mol. The van der Waals surface area contributed by atoms with Crippen LogP contribution in [0.25, 0.3) is 83.9 Å². The normalized spacial score (nSPS) is 17.3. The molecule has 0 fully saturated rings. The van der Waals surface area contributed by atoms with Crippen LogP contribution in [-0.2, 0) is 11.3 Å². The van der Waals surface area contributed by atoms with Gasteiger partial charge in [-0.1, -0.05) is 129 Å². The fraction of sp³-hybridized carbons (Fsp3) is 0.127. The van der Waals surface area contributed by atoms with Crippen LogP contribution in [0.5, 0.6) is 5.75 Å². The second-order valence-electron chi connectivity index (χ2n) is 16.9. The summed E-state index contributed by atoms with van der Waals surface area (Å²) in [6.07, 6.45) is 1.92. The third-order valence-corrected chi connectivity index (χ3v) is 12.4. The van der Waals surface area contributed by atoms with Crippen LogP contribution in [0.4, 0.5) is 0 Å². The Hall–Kier alpha value is -7.04. The number of ether oxygens (including phenoxy) is 1. The molecule has 1 spiro atoms. The molecule has 2 aromatic heterocycles. The fourth-order valence-electron chi connectivity index (χ4n) is 9.73. The van der Waals surface area contributed by atoms with Gasteiger partial charge in [-0.25, -0.2) is 0 Å². The predicted octanol–water partition coefficient (Wildman–Crippen LogP) is 12.3. The van der Waals surface area contributed by atoms with Gasteiger partial charge >= 0.3 is 11.7 Å². The molecule has 0 saturated carbocycles. The molecule has 5 heterocycles. The van der Waals surface area contributed by atoms with E-state index in [-0.39, 0.29) is 11.0 Å².